The first-order chi connectivity index (χ1) is 14.7. The molecule has 0 unspecified atom stereocenters. The van der Waals surface area contributed by atoms with Gasteiger partial charge in [0.25, 0.3) is 0 Å². The van der Waals surface area contributed by atoms with Crippen LogP contribution in [0, 0.1) is 5.92 Å². The second-order valence-electron chi connectivity index (χ2n) is 8.19. The summed E-state index contributed by atoms with van der Waals surface area (Å²) >= 11 is 1.53. The van der Waals surface area contributed by atoms with Gasteiger partial charge in [0.2, 0.25) is 10.0 Å². The lowest BCUT2D eigenvalue weighted by Crippen LogP contribution is -2.22. The van der Waals surface area contributed by atoms with E-state index in [0.29, 0.717) is 28.7 Å². The highest BCUT2D eigenvalue weighted by Gasteiger charge is 2.23. The van der Waals surface area contributed by atoms with Crippen LogP contribution in [0.4, 0.5) is 0 Å². The molecule has 0 aliphatic heterocycles. The van der Waals surface area contributed by atoms with Crippen molar-refractivity contribution in [3.05, 3.63) is 45.4 Å². The standard InChI is InChI=1S/C22H27N3O4S2/c1-5-25-18-8-7-16(31(27,28)24(3)4)12-17(18)23-21(25)13-29-22(26)20-11-15-10-14(2)6-9-19(15)30-20/h7-8,11-12,14H,5-6,9-10,13H2,1-4H3/t14-/m1/s1. The van der Waals surface area contributed by atoms with Crippen LogP contribution in [0.5, 0.6) is 0 Å². The largest absolute Gasteiger partial charge is 0.453 e. The fourth-order valence-electron chi connectivity index (χ4n) is 4.00. The Balaban J connectivity index is 1.56. The molecule has 2 heterocycles. The van der Waals surface area contributed by atoms with E-state index >= 15 is 0 Å². The maximum absolute atomic E-state index is 12.7. The average Bonchev–Trinajstić information content (AvgIpc) is 3.31. The van der Waals surface area contributed by atoms with Gasteiger partial charge in [-0.1, -0.05) is 6.92 Å². The summed E-state index contributed by atoms with van der Waals surface area (Å²) in [7, 11) is -0.550. The molecule has 0 fully saturated rings. The number of benzene rings is 1. The van der Waals surface area contributed by atoms with Gasteiger partial charge in [0.1, 0.15) is 17.3 Å². The van der Waals surface area contributed by atoms with E-state index < -0.39 is 10.0 Å². The second kappa shape index (κ2) is 8.37. The number of aryl methyl sites for hydroxylation is 2. The number of rotatable bonds is 6. The monoisotopic (exact) mass is 461 g/mol. The molecule has 1 aliphatic rings. The molecule has 0 amide bonds. The normalized spacial score (nSPS) is 16.6. The van der Waals surface area contributed by atoms with Gasteiger partial charge in [0.05, 0.1) is 15.9 Å². The molecule has 9 heteroatoms. The van der Waals surface area contributed by atoms with Crippen molar-refractivity contribution in [2.75, 3.05) is 14.1 Å². The molecule has 2 aromatic heterocycles. The molecule has 31 heavy (non-hydrogen) atoms. The van der Waals surface area contributed by atoms with Crippen molar-refractivity contribution in [2.45, 2.75) is 51.2 Å². The van der Waals surface area contributed by atoms with Crippen LogP contribution in [-0.2, 0) is 40.8 Å². The van der Waals surface area contributed by atoms with E-state index in [1.54, 1.807) is 18.2 Å². The Morgan fingerprint density at radius 3 is 2.81 bits per heavy atom. The summed E-state index contributed by atoms with van der Waals surface area (Å²) in [5, 5.41) is 0. The Bertz CT molecular complexity index is 1240. The molecule has 0 saturated heterocycles. The number of carbonyl (C=O) groups is 1. The van der Waals surface area contributed by atoms with Gasteiger partial charge in [-0.2, -0.15) is 0 Å². The van der Waals surface area contributed by atoms with E-state index in [1.807, 2.05) is 17.6 Å². The minimum atomic E-state index is -3.55. The van der Waals surface area contributed by atoms with Crippen molar-refractivity contribution in [3.63, 3.8) is 0 Å². The molecule has 0 bridgehead atoms. The van der Waals surface area contributed by atoms with Crippen LogP contribution in [0.3, 0.4) is 0 Å². The van der Waals surface area contributed by atoms with Gasteiger partial charge in [0, 0.05) is 25.5 Å². The fourth-order valence-corrected chi connectivity index (χ4v) is 6.03. The number of esters is 1. The van der Waals surface area contributed by atoms with Crippen molar-refractivity contribution < 1.29 is 17.9 Å². The molecule has 166 valence electrons. The molecule has 0 N–H and O–H groups in total. The van der Waals surface area contributed by atoms with Crippen molar-refractivity contribution in [1.82, 2.24) is 13.9 Å². The number of aromatic nitrogens is 2. The van der Waals surface area contributed by atoms with Crippen molar-refractivity contribution in [2.24, 2.45) is 5.92 Å². The summed E-state index contributed by atoms with van der Waals surface area (Å²) < 4.78 is 33.6. The van der Waals surface area contributed by atoms with Gasteiger partial charge in [-0.3, -0.25) is 0 Å². The highest BCUT2D eigenvalue weighted by molar-refractivity contribution is 7.89. The van der Waals surface area contributed by atoms with Crippen LogP contribution in [0.1, 0.15) is 46.2 Å². The number of ether oxygens (including phenoxy) is 1. The van der Waals surface area contributed by atoms with Crippen molar-refractivity contribution in [3.8, 4) is 0 Å². The van der Waals surface area contributed by atoms with Crippen molar-refractivity contribution >= 4 is 38.4 Å². The SMILES string of the molecule is CCn1c(COC(=O)c2cc3c(s2)CC[C@@H](C)C3)nc2cc(S(=O)(=O)N(C)C)ccc21. The minimum Gasteiger partial charge on any atom is -0.453 e. The van der Waals surface area contributed by atoms with E-state index in [0.717, 1.165) is 24.8 Å². The van der Waals surface area contributed by atoms with Crippen molar-refractivity contribution in [1.29, 1.82) is 0 Å². The molecule has 3 aromatic rings. The Morgan fingerprint density at radius 2 is 2.10 bits per heavy atom. The van der Waals surface area contributed by atoms with Gasteiger partial charge >= 0.3 is 5.97 Å². The van der Waals surface area contributed by atoms with E-state index in [9.17, 15) is 13.2 Å². The molecular formula is C22H27N3O4S2. The van der Waals surface area contributed by atoms with Crippen LogP contribution in [0.2, 0.25) is 0 Å². The molecule has 1 atom stereocenters. The number of carbonyl (C=O) groups excluding carboxylic acids is 1. The molecule has 0 radical (unpaired) electrons. The van der Waals surface area contributed by atoms with E-state index in [-0.39, 0.29) is 17.5 Å². The maximum Gasteiger partial charge on any atom is 0.348 e. The third-order valence-electron chi connectivity index (χ3n) is 5.76. The van der Waals surface area contributed by atoms with Gasteiger partial charge in [-0.15, -0.1) is 11.3 Å². The lowest BCUT2D eigenvalue weighted by molar-refractivity contribution is 0.0464. The molecule has 0 saturated carbocycles. The Labute approximate surface area is 186 Å². The van der Waals surface area contributed by atoms with E-state index in [1.165, 1.54) is 40.2 Å². The van der Waals surface area contributed by atoms with Crippen LogP contribution in [0.25, 0.3) is 11.0 Å². The third-order valence-corrected chi connectivity index (χ3v) is 8.78. The lowest BCUT2D eigenvalue weighted by Gasteiger charge is -2.16. The van der Waals surface area contributed by atoms with Crippen LogP contribution < -0.4 is 0 Å². The van der Waals surface area contributed by atoms with Gasteiger partial charge in [-0.25, -0.2) is 22.5 Å². The summed E-state index contributed by atoms with van der Waals surface area (Å²) in [6.07, 6.45) is 3.20. The van der Waals surface area contributed by atoms with Gasteiger partial charge < -0.3 is 9.30 Å². The molecule has 1 aliphatic carbocycles. The second-order valence-corrected chi connectivity index (χ2v) is 11.5. The summed E-state index contributed by atoms with van der Waals surface area (Å²) in [5.41, 5.74) is 2.65. The number of imidazole rings is 1. The van der Waals surface area contributed by atoms with Crippen LogP contribution in [-0.4, -0.2) is 42.3 Å². The number of nitrogens with zero attached hydrogens (tertiary/aromatic N) is 3. The summed E-state index contributed by atoms with van der Waals surface area (Å²) in [6.45, 7) is 4.89. The Hall–Kier alpha value is -2.23. The zero-order valence-electron chi connectivity index (χ0n) is 18.2. The number of sulfonamides is 1. The highest BCUT2D eigenvalue weighted by Crippen LogP contribution is 2.32. The van der Waals surface area contributed by atoms with E-state index in [4.69, 9.17) is 4.74 Å². The quantitative estimate of drug-likeness (QED) is 0.521. The Kier molecular flexibility index (Phi) is 5.93. The molecule has 1 aromatic carbocycles. The van der Waals surface area contributed by atoms with Gasteiger partial charge in [0.15, 0.2) is 0 Å². The predicted octanol–water partition coefficient (Wildman–Crippen LogP) is 3.85. The number of hydrogen-bond donors (Lipinski definition) is 0. The first-order valence-corrected chi connectivity index (χ1v) is 12.7. The minimum absolute atomic E-state index is 0.0378. The first-order valence-electron chi connectivity index (χ1n) is 10.4. The smallest absolute Gasteiger partial charge is 0.348 e. The first kappa shape index (κ1) is 22.0. The fraction of sp³-hybridized carbons (Fsp3) is 0.455. The summed E-state index contributed by atoms with van der Waals surface area (Å²) in [4.78, 5) is 19.3. The maximum atomic E-state index is 12.7. The molecular weight excluding hydrogens is 434 g/mol. The number of hydrogen-bond acceptors (Lipinski definition) is 6. The van der Waals surface area contributed by atoms with Gasteiger partial charge in [-0.05, 0) is 61.9 Å². The van der Waals surface area contributed by atoms with Crippen LogP contribution >= 0.6 is 11.3 Å². The third kappa shape index (κ3) is 4.14. The zero-order chi connectivity index (χ0) is 22.3. The topological polar surface area (TPSA) is 81.5 Å². The molecule has 0 spiro atoms. The molecule has 4 rings (SSSR count). The average molecular weight is 462 g/mol. The van der Waals surface area contributed by atoms with E-state index in [2.05, 4.69) is 11.9 Å². The predicted molar refractivity (Wildman–Crippen MR) is 121 cm³/mol. The number of fused-ring (bicyclic) bond motifs is 2. The number of thiophene rings is 1. The lowest BCUT2D eigenvalue weighted by atomic mass is 9.90. The summed E-state index contributed by atoms with van der Waals surface area (Å²) in [5.74, 6) is 0.912. The Morgan fingerprint density at radius 1 is 1.32 bits per heavy atom. The highest BCUT2D eigenvalue weighted by atomic mass is 32.2. The van der Waals surface area contributed by atoms with Crippen LogP contribution in [0.15, 0.2) is 29.2 Å². The molecule has 7 nitrogen and oxygen atoms in total. The summed E-state index contributed by atoms with van der Waals surface area (Å²) in [6, 6.07) is 6.87. The zero-order valence-corrected chi connectivity index (χ0v) is 19.8.